The largest absolute Gasteiger partial charge is 0.340 e. The zero-order chi connectivity index (χ0) is 18.9. The number of nitrogens with zero attached hydrogens (tertiary/aromatic N) is 3. The van der Waals surface area contributed by atoms with Gasteiger partial charge in [0.05, 0.1) is 12.2 Å². The first-order valence-corrected chi connectivity index (χ1v) is 10.3. The van der Waals surface area contributed by atoms with Crippen molar-refractivity contribution >= 4 is 11.9 Å². The fourth-order valence-electron chi connectivity index (χ4n) is 4.81. The number of carbonyl (C=O) groups is 2. The maximum absolute atomic E-state index is 12.8. The Morgan fingerprint density at radius 2 is 2.11 bits per heavy atom. The molecule has 1 saturated heterocycles. The molecule has 27 heavy (non-hydrogen) atoms. The van der Waals surface area contributed by atoms with Gasteiger partial charge in [-0.25, -0.2) is 4.79 Å². The second-order valence-electron chi connectivity index (χ2n) is 8.59. The summed E-state index contributed by atoms with van der Waals surface area (Å²) in [6.45, 7) is 2.03. The molecule has 3 aliphatic rings. The van der Waals surface area contributed by atoms with Crippen molar-refractivity contribution in [2.75, 3.05) is 20.1 Å². The van der Waals surface area contributed by atoms with Crippen LogP contribution in [0, 0.1) is 11.3 Å². The number of urea groups is 1. The molecule has 6 heteroatoms. The molecule has 1 spiro atoms. The lowest BCUT2D eigenvalue weighted by Gasteiger charge is -2.26. The van der Waals surface area contributed by atoms with Gasteiger partial charge in [-0.3, -0.25) is 9.78 Å². The number of nitrogens with one attached hydrogen (secondary N) is 1. The van der Waals surface area contributed by atoms with Gasteiger partial charge >= 0.3 is 6.03 Å². The van der Waals surface area contributed by atoms with Gasteiger partial charge in [0.25, 0.3) is 0 Å². The lowest BCUT2D eigenvalue weighted by molar-refractivity contribution is -0.132. The lowest BCUT2D eigenvalue weighted by atomic mass is 9.96. The first kappa shape index (κ1) is 18.3. The van der Waals surface area contributed by atoms with Crippen LogP contribution in [0.5, 0.6) is 0 Å². The standard InChI is InChI=1S/C21H30N4O2/c1-24(14-17-9-5-6-11-22-17)19(26)18-13-21(18)10-12-25(15-21)20(27)23-16-7-3-2-4-8-16/h5-6,9,11,16,18H,2-4,7-8,10,12-15H2,1H3,(H,23,27). The minimum atomic E-state index is 0.0133. The Balaban J connectivity index is 1.28. The Labute approximate surface area is 161 Å². The van der Waals surface area contributed by atoms with Gasteiger partial charge in [-0.15, -0.1) is 0 Å². The van der Waals surface area contributed by atoms with Gasteiger partial charge in [0.2, 0.25) is 5.91 Å². The van der Waals surface area contributed by atoms with Gasteiger partial charge in [-0.2, -0.15) is 0 Å². The second kappa shape index (κ2) is 7.49. The minimum Gasteiger partial charge on any atom is -0.340 e. The van der Waals surface area contributed by atoms with E-state index in [1.54, 1.807) is 11.1 Å². The van der Waals surface area contributed by atoms with E-state index in [4.69, 9.17) is 0 Å². The van der Waals surface area contributed by atoms with Crippen LogP contribution in [0.15, 0.2) is 24.4 Å². The van der Waals surface area contributed by atoms with Gasteiger partial charge in [0.1, 0.15) is 0 Å². The van der Waals surface area contributed by atoms with E-state index in [0.717, 1.165) is 44.5 Å². The summed E-state index contributed by atoms with van der Waals surface area (Å²) in [6.07, 6.45) is 9.53. The number of rotatable bonds is 4. The molecule has 1 aromatic heterocycles. The Morgan fingerprint density at radius 1 is 1.30 bits per heavy atom. The number of amides is 3. The number of hydrogen-bond acceptors (Lipinski definition) is 3. The van der Waals surface area contributed by atoms with E-state index in [1.807, 2.05) is 30.1 Å². The van der Waals surface area contributed by atoms with E-state index in [-0.39, 0.29) is 23.3 Å². The second-order valence-corrected chi connectivity index (χ2v) is 8.59. The topological polar surface area (TPSA) is 65.5 Å². The number of aromatic nitrogens is 1. The molecule has 1 aliphatic heterocycles. The molecular formula is C21H30N4O2. The number of hydrogen-bond donors (Lipinski definition) is 1. The summed E-state index contributed by atoms with van der Waals surface area (Å²) < 4.78 is 0. The monoisotopic (exact) mass is 370 g/mol. The molecule has 6 nitrogen and oxygen atoms in total. The van der Waals surface area contributed by atoms with Crippen molar-refractivity contribution in [1.29, 1.82) is 0 Å². The van der Waals surface area contributed by atoms with E-state index in [9.17, 15) is 9.59 Å². The van der Waals surface area contributed by atoms with Crippen molar-refractivity contribution < 1.29 is 9.59 Å². The molecule has 146 valence electrons. The summed E-state index contributed by atoms with van der Waals surface area (Å²) in [5.41, 5.74) is 0.919. The first-order chi connectivity index (χ1) is 13.1. The van der Waals surface area contributed by atoms with Gasteiger partial charge in [-0.05, 0) is 37.8 Å². The number of likely N-dealkylation sites (tertiary alicyclic amines) is 1. The van der Waals surface area contributed by atoms with Gasteiger partial charge < -0.3 is 15.1 Å². The fourth-order valence-corrected chi connectivity index (χ4v) is 4.81. The highest BCUT2D eigenvalue weighted by Gasteiger charge is 2.62. The van der Waals surface area contributed by atoms with Crippen molar-refractivity contribution in [3.63, 3.8) is 0 Å². The van der Waals surface area contributed by atoms with Crippen LogP contribution in [0.3, 0.4) is 0 Å². The highest BCUT2D eigenvalue weighted by molar-refractivity contribution is 5.83. The van der Waals surface area contributed by atoms with Crippen molar-refractivity contribution in [3.8, 4) is 0 Å². The zero-order valence-corrected chi connectivity index (χ0v) is 16.2. The van der Waals surface area contributed by atoms with Crippen LogP contribution >= 0.6 is 0 Å². The molecular weight excluding hydrogens is 340 g/mol. The van der Waals surface area contributed by atoms with Crippen LogP contribution in [-0.2, 0) is 11.3 Å². The summed E-state index contributed by atoms with van der Waals surface area (Å²) in [7, 11) is 1.85. The first-order valence-electron chi connectivity index (χ1n) is 10.3. The van der Waals surface area contributed by atoms with Crippen molar-refractivity contribution in [2.24, 2.45) is 11.3 Å². The fraction of sp³-hybridized carbons (Fsp3) is 0.667. The van der Waals surface area contributed by atoms with Crippen LogP contribution in [0.1, 0.15) is 50.6 Å². The Kier molecular flexibility index (Phi) is 5.06. The minimum absolute atomic E-state index is 0.0133. The molecule has 2 aliphatic carbocycles. The van der Waals surface area contributed by atoms with E-state index in [1.165, 1.54) is 19.3 Å². The summed E-state index contributed by atoms with van der Waals surface area (Å²) >= 11 is 0. The van der Waals surface area contributed by atoms with E-state index < -0.39 is 0 Å². The molecule has 3 fully saturated rings. The van der Waals surface area contributed by atoms with E-state index in [0.29, 0.717) is 12.6 Å². The maximum atomic E-state index is 12.8. The molecule has 0 radical (unpaired) electrons. The van der Waals surface area contributed by atoms with Crippen LogP contribution in [-0.4, -0.2) is 52.9 Å². The van der Waals surface area contributed by atoms with Gasteiger partial charge in [-0.1, -0.05) is 25.3 Å². The third kappa shape index (κ3) is 3.94. The summed E-state index contributed by atoms with van der Waals surface area (Å²) in [5.74, 6) is 0.244. The zero-order valence-electron chi connectivity index (χ0n) is 16.2. The molecule has 1 aromatic rings. The van der Waals surface area contributed by atoms with Crippen LogP contribution < -0.4 is 5.32 Å². The molecule has 1 N–H and O–H groups in total. The number of pyridine rings is 1. The Bertz CT molecular complexity index is 689. The summed E-state index contributed by atoms with van der Waals surface area (Å²) in [4.78, 5) is 33.5. The third-order valence-electron chi connectivity index (χ3n) is 6.59. The maximum Gasteiger partial charge on any atom is 0.317 e. The normalized spacial score (nSPS) is 27.6. The highest BCUT2D eigenvalue weighted by atomic mass is 16.2. The molecule has 4 rings (SSSR count). The molecule has 0 aromatic carbocycles. The van der Waals surface area contributed by atoms with Crippen molar-refractivity contribution in [1.82, 2.24) is 20.1 Å². The van der Waals surface area contributed by atoms with E-state index >= 15 is 0 Å². The highest BCUT2D eigenvalue weighted by Crippen LogP contribution is 2.59. The summed E-state index contributed by atoms with van der Waals surface area (Å²) in [6, 6.07) is 6.17. The Morgan fingerprint density at radius 3 is 2.85 bits per heavy atom. The Hall–Kier alpha value is -2.11. The van der Waals surface area contributed by atoms with Crippen molar-refractivity contribution in [2.45, 2.75) is 57.5 Å². The molecule has 2 atom stereocenters. The third-order valence-corrected chi connectivity index (χ3v) is 6.59. The average Bonchev–Trinajstić information content (AvgIpc) is 3.21. The number of carbonyl (C=O) groups excluding carboxylic acids is 2. The van der Waals surface area contributed by atoms with Crippen molar-refractivity contribution in [3.05, 3.63) is 30.1 Å². The van der Waals surface area contributed by atoms with Crippen LogP contribution in [0.2, 0.25) is 0 Å². The quantitative estimate of drug-likeness (QED) is 0.886. The van der Waals surface area contributed by atoms with Crippen LogP contribution in [0.25, 0.3) is 0 Å². The van der Waals surface area contributed by atoms with E-state index in [2.05, 4.69) is 10.3 Å². The molecule has 2 heterocycles. The van der Waals surface area contributed by atoms with Gasteiger partial charge in [0.15, 0.2) is 0 Å². The van der Waals surface area contributed by atoms with Gasteiger partial charge in [0, 0.05) is 43.7 Å². The van der Waals surface area contributed by atoms with Crippen LogP contribution in [0.4, 0.5) is 4.79 Å². The lowest BCUT2D eigenvalue weighted by Crippen LogP contribution is -2.44. The molecule has 3 amide bonds. The smallest absolute Gasteiger partial charge is 0.317 e. The molecule has 2 unspecified atom stereocenters. The molecule has 2 saturated carbocycles. The predicted molar refractivity (Wildman–Crippen MR) is 103 cm³/mol. The SMILES string of the molecule is CN(Cc1ccccn1)C(=O)C1CC12CCN(C(=O)NC1CCCCC1)C2. The predicted octanol–water partition coefficient (Wildman–Crippen LogP) is 2.79. The molecule has 0 bridgehead atoms. The average molecular weight is 370 g/mol. The summed E-state index contributed by atoms with van der Waals surface area (Å²) in [5, 5.41) is 3.21.